The Morgan fingerprint density at radius 3 is 2.59 bits per heavy atom. The fourth-order valence-corrected chi connectivity index (χ4v) is 4.33. The molecule has 0 saturated heterocycles. The van der Waals surface area contributed by atoms with Crippen molar-refractivity contribution in [3.63, 3.8) is 0 Å². The van der Waals surface area contributed by atoms with E-state index in [0.717, 1.165) is 12.1 Å². The lowest BCUT2D eigenvalue weighted by molar-refractivity contribution is 0.0981. The Hall–Kier alpha value is -2.21. The summed E-state index contributed by atoms with van der Waals surface area (Å²) >= 11 is 0. The Kier molecular flexibility index (Phi) is 3.48. The number of ketones is 1. The standard InChI is InChI=1S/C16H14FNO3S/c1-11-4-2-3-5-16(11)22(20,21)18-9-8-15(19)13-10-12(17)6-7-14(13)18/h2-7,10H,8-9H2,1H3. The van der Waals surface area contributed by atoms with Gasteiger partial charge in [-0.1, -0.05) is 18.2 Å². The normalized spacial score (nSPS) is 14.8. The zero-order valence-electron chi connectivity index (χ0n) is 11.9. The molecule has 114 valence electrons. The minimum Gasteiger partial charge on any atom is -0.294 e. The monoisotopic (exact) mass is 319 g/mol. The number of aryl methyl sites for hydroxylation is 1. The van der Waals surface area contributed by atoms with Crippen LogP contribution in [0, 0.1) is 12.7 Å². The molecule has 1 aliphatic heterocycles. The summed E-state index contributed by atoms with van der Waals surface area (Å²) in [5.41, 5.74) is 0.979. The molecule has 0 saturated carbocycles. The van der Waals surface area contributed by atoms with Crippen molar-refractivity contribution in [2.45, 2.75) is 18.2 Å². The summed E-state index contributed by atoms with van der Waals surface area (Å²) in [5, 5.41) is 0. The second-order valence-corrected chi connectivity index (χ2v) is 7.01. The highest BCUT2D eigenvalue weighted by Crippen LogP contribution is 2.33. The van der Waals surface area contributed by atoms with Crippen LogP contribution in [0.4, 0.5) is 10.1 Å². The van der Waals surface area contributed by atoms with E-state index in [0.29, 0.717) is 5.56 Å². The van der Waals surface area contributed by atoms with Gasteiger partial charge >= 0.3 is 0 Å². The molecule has 0 aromatic heterocycles. The van der Waals surface area contributed by atoms with Gasteiger partial charge in [-0.15, -0.1) is 0 Å². The number of carbonyl (C=O) groups excluding carboxylic acids is 1. The zero-order valence-corrected chi connectivity index (χ0v) is 12.7. The van der Waals surface area contributed by atoms with Crippen molar-refractivity contribution >= 4 is 21.5 Å². The summed E-state index contributed by atoms with van der Waals surface area (Å²) < 4.78 is 40.3. The summed E-state index contributed by atoms with van der Waals surface area (Å²) in [6.07, 6.45) is 0.0432. The number of fused-ring (bicyclic) bond motifs is 1. The van der Waals surface area contributed by atoms with Crippen molar-refractivity contribution in [2.24, 2.45) is 0 Å². The molecule has 0 atom stereocenters. The number of carbonyl (C=O) groups is 1. The number of anilines is 1. The van der Waals surface area contributed by atoms with Gasteiger partial charge in [0.05, 0.1) is 10.6 Å². The van der Waals surface area contributed by atoms with Gasteiger partial charge in [0.25, 0.3) is 10.0 Å². The highest BCUT2D eigenvalue weighted by molar-refractivity contribution is 7.92. The average molecular weight is 319 g/mol. The van der Waals surface area contributed by atoms with Crippen LogP contribution in [0.1, 0.15) is 22.3 Å². The molecule has 3 rings (SSSR count). The van der Waals surface area contributed by atoms with E-state index in [4.69, 9.17) is 0 Å². The molecule has 0 bridgehead atoms. The Morgan fingerprint density at radius 2 is 1.86 bits per heavy atom. The third-order valence-electron chi connectivity index (χ3n) is 3.73. The number of hydrogen-bond acceptors (Lipinski definition) is 3. The van der Waals surface area contributed by atoms with Crippen LogP contribution in [0.25, 0.3) is 0 Å². The van der Waals surface area contributed by atoms with Crippen molar-refractivity contribution in [1.82, 2.24) is 0 Å². The van der Waals surface area contributed by atoms with Crippen LogP contribution in [0.5, 0.6) is 0 Å². The number of Topliss-reactive ketones (excluding diaryl/α,β-unsaturated/α-hetero) is 1. The van der Waals surface area contributed by atoms with E-state index >= 15 is 0 Å². The molecule has 0 unspecified atom stereocenters. The van der Waals surface area contributed by atoms with Gasteiger partial charge in [0.1, 0.15) is 5.82 Å². The van der Waals surface area contributed by atoms with Gasteiger partial charge in [0.2, 0.25) is 0 Å². The molecule has 0 radical (unpaired) electrons. The lowest BCUT2D eigenvalue weighted by atomic mass is 10.0. The highest BCUT2D eigenvalue weighted by atomic mass is 32.2. The minimum atomic E-state index is -3.78. The lowest BCUT2D eigenvalue weighted by Gasteiger charge is -2.30. The topological polar surface area (TPSA) is 54.5 Å². The molecule has 1 aliphatic rings. The minimum absolute atomic E-state index is 0.0432. The molecule has 0 amide bonds. The predicted octanol–water partition coefficient (Wildman–Crippen LogP) is 2.92. The van der Waals surface area contributed by atoms with Crippen molar-refractivity contribution < 1.29 is 17.6 Å². The van der Waals surface area contributed by atoms with Crippen molar-refractivity contribution in [2.75, 3.05) is 10.8 Å². The number of nitrogens with zero attached hydrogens (tertiary/aromatic N) is 1. The molecule has 0 fully saturated rings. The molecule has 2 aromatic carbocycles. The summed E-state index contributed by atoms with van der Waals surface area (Å²) in [7, 11) is -3.78. The first-order valence-corrected chi connectivity index (χ1v) is 8.26. The number of rotatable bonds is 2. The number of sulfonamides is 1. The fraction of sp³-hybridized carbons (Fsp3) is 0.188. The number of halogens is 1. The largest absolute Gasteiger partial charge is 0.294 e. The number of benzene rings is 2. The Balaban J connectivity index is 2.16. The van der Waals surface area contributed by atoms with Gasteiger partial charge in [0.15, 0.2) is 5.78 Å². The Morgan fingerprint density at radius 1 is 1.14 bits per heavy atom. The highest BCUT2D eigenvalue weighted by Gasteiger charge is 2.33. The first-order chi connectivity index (χ1) is 10.4. The molecule has 0 spiro atoms. The van der Waals surface area contributed by atoms with E-state index in [9.17, 15) is 17.6 Å². The smallest absolute Gasteiger partial charge is 0.264 e. The van der Waals surface area contributed by atoms with Crippen LogP contribution in [-0.4, -0.2) is 20.7 Å². The molecule has 22 heavy (non-hydrogen) atoms. The van der Waals surface area contributed by atoms with Gasteiger partial charge in [-0.2, -0.15) is 0 Å². The third kappa shape index (κ3) is 2.29. The molecular weight excluding hydrogens is 305 g/mol. The van der Waals surface area contributed by atoms with Crippen molar-refractivity contribution in [1.29, 1.82) is 0 Å². The summed E-state index contributed by atoms with van der Waals surface area (Å²) in [4.78, 5) is 12.1. The first kappa shape index (κ1) is 14.7. The average Bonchev–Trinajstić information content (AvgIpc) is 2.48. The van der Waals surface area contributed by atoms with E-state index < -0.39 is 15.8 Å². The van der Waals surface area contributed by atoms with Crippen LogP contribution in [0.2, 0.25) is 0 Å². The quantitative estimate of drug-likeness (QED) is 0.855. The maximum absolute atomic E-state index is 13.4. The SMILES string of the molecule is Cc1ccccc1S(=O)(=O)N1CCC(=O)c2cc(F)ccc21. The van der Waals surface area contributed by atoms with E-state index in [1.807, 2.05) is 0 Å². The van der Waals surface area contributed by atoms with Crippen molar-refractivity contribution in [3.8, 4) is 0 Å². The van der Waals surface area contributed by atoms with Gasteiger partial charge in [-0.05, 0) is 36.8 Å². The maximum atomic E-state index is 13.4. The van der Waals surface area contributed by atoms with Gasteiger partial charge in [-0.3, -0.25) is 9.10 Å². The lowest BCUT2D eigenvalue weighted by Crippen LogP contribution is -2.37. The molecule has 2 aromatic rings. The van der Waals surface area contributed by atoms with Gasteiger partial charge in [-0.25, -0.2) is 12.8 Å². The summed E-state index contributed by atoms with van der Waals surface area (Å²) in [6, 6.07) is 10.3. The molecule has 0 N–H and O–H groups in total. The van der Waals surface area contributed by atoms with Crippen molar-refractivity contribution in [3.05, 3.63) is 59.4 Å². The van der Waals surface area contributed by atoms with E-state index in [-0.39, 0.29) is 34.9 Å². The Labute approximate surface area is 128 Å². The molecule has 6 heteroatoms. The second-order valence-electron chi connectivity index (χ2n) is 5.18. The summed E-state index contributed by atoms with van der Waals surface area (Å²) in [5.74, 6) is -0.798. The third-order valence-corrected chi connectivity index (χ3v) is 5.70. The van der Waals surface area contributed by atoms with E-state index in [1.54, 1.807) is 25.1 Å². The zero-order chi connectivity index (χ0) is 15.9. The maximum Gasteiger partial charge on any atom is 0.264 e. The van der Waals surface area contributed by atoms with Gasteiger partial charge in [0, 0.05) is 18.5 Å². The van der Waals surface area contributed by atoms with Crippen LogP contribution >= 0.6 is 0 Å². The van der Waals surface area contributed by atoms with Crippen LogP contribution in [0.15, 0.2) is 47.4 Å². The summed E-state index contributed by atoms with van der Waals surface area (Å²) in [6.45, 7) is 1.78. The van der Waals surface area contributed by atoms with Crippen LogP contribution in [-0.2, 0) is 10.0 Å². The molecule has 4 nitrogen and oxygen atoms in total. The Bertz CT molecular complexity index is 861. The molecule has 0 aliphatic carbocycles. The van der Waals surface area contributed by atoms with E-state index in [1.165, 1.54) is 16.4 Å². The first-order valence-electron chi connectivity index (χ1n) is 6.82. The van der Waals surface area contributed by atoms with E-state index in [2.05, 4.69) is 0 Å². The fourth-order valence-electron chi connectivity index (χ4n) is 2.62. The van der Waals surface area contributed by atoms with Crippen LogP contribution in [0.3, 0.4) is 0 Å². The van der Waals surface area contributed by atoms with Gasteiger partial charge < -0.3 is 0 Å². The number of hydrogen-bond donors (Lipinski definition) is 0. The second kappa shape index (κ2) is 5.21. The molecular formula is C16H14FNO3S. The predicted molar refractivity (Wildman–Crippen MR) is 81.1 cm³/mol. The van der Waals surface area contributed by atoms with Crippen LogP contribution < -0.4 is 4.31 Å². The molecule has 1 heterocycles.